The quantitative estimate of drug-likeness (QED) is 0.903. The average molecular weight is 335 g/mol. The number of methoxy groups -OCH3 is 1. The second kappa shape index (κ2) is 6.97. The van der Waals surface area contributed by atoms with E-state index in [4.69, 9.17) is 4.74 Å². The van der Waals surface area contributed by atoms with Crippen LogP contribution in [0.4, 0.5) is 14.9 Å². The van der Waals surface area contributed by atoms with Crippen molar-refractivity contribution in [2.24, 2.45) is 5.41 Å². The summed E-state index contributed by atoms with van der Waals surface area (Å²) in [6, 6.07) is 4.32. The Morgan fingerprint density at radius 1 is 1.17 bits per heavy atom. The predicted octanol–water partition coefficient (Wildman–Crippen LogP) is 3.17. The first-order valence-corrected chi connectivity index (χ1v) is 8.59. The van der Waals surface area contributed by atoms with Crippen molar-refractivity contribution in [1.29, 1.82) is 0 Å². The van der Waals surface area contributed by atoms with Crippen molar-refractivity contribution in [3.63, 3.8) is 0 Å². The number of hydrogen-bond acceptors (Lipinski definition) is 3. The molecule has 0 saturated carbocycles. The molecule has 0 bridgehead atoms. The number of nitrogens with one attached hydrogen (secondary N) is 1. The molecule has 2 fully saturated rings. The Morgan fingerprint density at radius 2 is 1.79 bits per heavy atom. The van der Waals surface area contributed by atoms with E-state index >= 15 is 0 Å². The number of benzene rings is 1. The monoisotopic (exact) mass is 335 g/mol. The second-order valence-electron chi connectivity index (χ2n) is 7.07. The maximum atomic E-state index is 13.7. The van der Waals surface area contributed by atoms with Gasteiger partial charge in [0.1, 0.15) is 0 Å². The maximum Gasteiger partial charge on any atom is 0.321 e. The lowest BCUT2D eigenvalue weighted by molar-refractivity contribution is 0.0563. The predicted molar refractivity (Wildman–Crippen MR) is 91.9 cm³/mol. The first-order chi connectivity index (χ1) is 11.5. The van der Waals surface area contributed by atoms with Gasteiger partial charge in [-0.3, -0.25) is 0 Å². The third kappa shape index (κ3) is 3.64. The Balaban J connectivity index is 1.54. The molecule has 6 heteroatoms. The summed E-state index contributed by atoms with van der Waals surface area (Å²) >= 11 is 0. The van der Waals surface area contributed by atoms with Crippen LogP contribution in [0, 0.1) is 11.2 Å². The normalized spacial score (nSPS) is 20.9. The van der Waals surface area contributed by atoms with E-state index in [1.807, 2.05) is 4.90 Å². The van der Waals surface area contributed by atoms with Gasteiger partial charge in [-0.25, -0.2) is 9.18 Å². The lowest BCUT2D eigenvalue weighted by atomic mass is 9.71. The highest BCUT2D eigenvalue weighted by molar-refractivity contribution is 5.89. The van der Waals surface area contributed by atoms with Gasteiger partial charge in [-0.2, -0.15) is 0 Å². The van der Waals surface area contributed by atoms with E-state index in [9.17, 15) is 9.18 Å². The van der Waals surface area contributed by atoms with E-state index in [1.54, 1.807) is 6.07 Å². The minimum Gasteiger partial charge on any atom is -0.494 e. The van der Waals surface area contributed by atoms with Gasteiger partial charge in [0.2, 0.25) is 0 Å². The zero-order chi connectivity index (χ0) is 17.2. The van der Waals surface area contributed by atoms with Crippen LogP contribution in [0.3, 0.4) is 0 Å². The molecule has 2 saturated heterocycles. The highest BCUT2D eigenvalue weighted by Crippen LogP contribution is 2.41. The maximum absolute atomic E-state index is 13.7. The number of ether oxygens (including phenoxy) is 1. The minimum absolute atomic E-state index is 0.151. The third-order valence-corrected chi connectivity index (χ3v) is 5.56. The molecular weight excluding hydrogens is 309 g/mol. The fourth-order valence-electron chi connectivity index (χ4n) is 3.72. The second-order valence-corrected chi connectivity index (χ2v) is 7.07. The molecule has 2 aliphatic heterocycles. The number of amides is 2. The summed E-state index contributed by atoms with van der Waals surface area (Å²) in [6.45, 7) is 3.84. The minimum atomic E-state index is -0.473. The summed E-state index contributed by atoms with van der Waals surface area (Å²) in [5.41, 5.74) is 0.869. The number of nitrogens with zero attached hydrogens (tertiary/aromatic N) is 2. The number of halogens is 1. The Labute approximate surface area is 142 Å². The van der Waals surface area contributed by atoms with E-state index in [1.165, 1.54) is 32.1 Å². The fraction of sp³-hybridized carbons (Fsp3) is 0.611. The number of carbonyl (C=O) groups excluding carboxylic acids is 1. The van der Waals surface area contributed by atoms with Crippen LogP contribution in [0.5, 0.6) is 5.75 Å². The van der Waals surface area contributed by atoms with Crippen LogP contribution < -0.4 is 10.1 Å². The molecule has 0 radical (unpaired) electrons. The Morgan fingerprint density at radius 3 is 2.38 bits per heavy atom. The summed E-state index contributed by atoms with van der Waals surface area (Å²) in [7, 11) is 3.59. The molecule has 1 aromatic carbocycles. The SMILES string of the molecule is COc1ccc(NC(=O)N2CCC3(CCN(C)CC3)CC2)cc1F. The highest BCUT2D eigenvalue weighted by Gasteiger charge is 2.37. The van der Waals surface area contributed by atoms with Gasteiger partial charge in [0.15, 0.2) is 11.6 Å². The van der Waals surface area contributed by atoms with Gasteiger partial charge in [0.25, 0.3) is 0 Å². The van der Waals surface area contributed by atoms with Crippen LogP contribution in [0.15, 0.2) is 18.2 Å². The number of likely N-dealkylation sites (tertiary alicyclic amines) is 2. The topological polar surface area (TPSA) is 44.8 Å². The Bertz CT molecular complexity index is 590. The molecular formula is C18H26FN3O2. The number of rotatable bonds is 2. The van der Waals surface area contributed by atoms with Crippen LogP contribution in [-0.2, 0) is 0 Å². The lowest BCUT2D eigenvalue weighted by Gasteiger charge is -2.46. The molecule has 1 aromatic rings. The first-order valence-electron chi connectivity index (χ1n) is 8.59. The smallest absolute Gasteiger partial charge is 0.321 e. The molecule has 0 aliphatic carbocycles. The van der Waals surface area contributed by atoms with Crippen LogP contribution in [0.1, 0.15) is 25.7 Å². The standard InChI is InChI=1S/C18H26FN3O2/c1-21-9-5-18(6-10-21)7-11-22(12-8-18)17(23)20-14-3-4-16(24-2)15(19)13-14/h3-4,13H,5-12H2,1-2H3,(H,20,23). The van der Waals surface area contributed by atoms with Gasteiger partial charge in [-0.15, -0.1) is 0 Å². The molecule has 3 rings (SSSR count). The van der Waals surface area contributed by atoms with E-state index in [0.717, 1.165) is 39.0 Å². The van der Waals surface area contributed by atoms with Crippen molar-refractivity contribution >= 4 is 11.7 Å². The van der Waals surface area contributed by atoms with Gasteiger partial charge < -0.3 is 19.9 Å². The number of piperidine rings is 2. The average Bonchev–Trinajstić information content (AvgIpc) is 2.58. The molecule has 1 spiro atoms. The zero-order valence-corrected chi connectivity index (χ0v) is 14.5. The molecule has 1 N–H and O–H groups in total. The van der Waals surface area contributed by atoms with E-state index in [2.05, 4.69) is 17.3 Å². The van der Waals surface area contributed by atoms with Crippen LogP contribution in [0.25, 0.3) is 0 Å². The van der Waals surface area contributed by atoms with Crippen molar-refractivity contribution in [1.82, 2.24) is 9.80 Å². The number of urea groups is 1. The molecule has 0 atom stereocenters. The Kier molecular flexibility index (Phi) is 4.94. The summed E-state index contributed by atoms with van der Waals surface area (Å²) in [5, 5.41) is 2.79. The van der Waals surface area contributed by atoms with E-state index < -0.39 is 5.82 Å². The summed E-state index contributed by atoms with van der Waals surface area (Å²) < 4.78 is 18.6. The van der Waals surface area contributed by atoms with Gasteiger partial charge in [-0.1, -0.05) is 0 Å². The van der Waals surface area contributed by atoms with Gasteiger partial charge in [0, 0.05) is 24.8 Å². The van der Waals surface area contributed by atoms with Gasteiger partial charge in [0.05, 0.1) is 7.11 Å². The molecule has 0 unspecified atom stereocenters. The lowest BCUT2D eigenvalue weighted by Crippen LogP contribution is -2.48. The first kappa shape index (κ1) is 17.0. The molecule has 2 aliphatic rings. The summed E-state index contributed by atoms with van der Waals surface area (Å²) in [5.74, 6) is -0.297. The molecule has 2 amide bonds. The summed E-state index contributed by atoms with van der Waals surface area (Å²) in [6.07, 6.45) is 4.57. The number of anilines is 1. The summed E-state index contributed by atoms with van der Waals surface area (Å²) in [4.78, 5) is 16.6. The van der Waals surface area contributed by atoms with Gasteiger partial charge in [-0.05, 0) is 63.4 Å². The zero-order valence-electron chi connectivity index (χ0n) is 14.5. The van der Waals surface area contributed by atoms with Crippen molar-refractivity contribution in [3.8, 4) is 5.75 Å². The van der Waals surface area contributed by atoms with E-state index in [0.29, 0.717) is 11.1 Å². The molecule has 24 heavy (non-hydrogen) atoms. The van der Waals surface area contributed by atoms with Crippen molar-refractivity contribution in [3.05, 3.63) is 24.0 Å². The van der Waals surface area contributed by atoms with Crippen LogP contribution >= 0.6 is 0 Å². The Hall–Kier alpha value is -1.82. The van der Waals surface area contributed by atoms with Crippen molar-refractivity contribution in [2.45, 2.75) is 25.7 Å². The van der Waals surface area contributed by atoms with Crippen LogP contribution in [-0.4, -0.2) is 56.2 Å². The van der Waals surface area contributed by atoms with Crippen LogP contribution in [0.2, 0.25) is 0 Å². The van der Waals surface area contributed by atoms with Gasteiger partial charge >= 0.3 is 6.03 Å². The van der Waals surface area contributed by atoms with Crippen molar-refractivity contribution in [2.75, 3.05) is 45.7 Å². The molecule has 0 aromatic heterocycles. The molecule has 2 heterocycles. The fourth-order valence-corrected chi connectivity index (χ4v) is 3.72. The van der Waals surface area contributed by atoms with E-state index in [-0.39, 0.29) is 11.8 Å². The largest absolute Gasteiger partial charge is 0.494 e. The number of carbonyl (C=O) groups is 1. The molecule has 132 valence electrons. The third-order valence-electron chi connectivity index (χ3n) is 5.56. The molecule has 5 nitrogen and oxygen atoms in total. The highest BCUT2D eigenvalue weighted by atomic mass is 19.1. The van der Waals surface area contributed by atoms with Crippen molar-refractivity contribution < 1.29 is 13.9 Å². The number of hydrogen-bond donors (Lipinski definition) is 1.